The second kappa shape index (κ2) is 5.90. The molecule has 3 amide bonds. The van der Waals surface area contributed by atoms with E-state index in [1.807, 2.05) is 0 Å². The molecule has 0 radical (unpaired) electrons. The van der Waals surface area contributed by atoms with Crippen LogP contribution in [0.15, 0.2) is 18.2 Å². The highest BCUT2D eigenvalue weighted by molar-refractivity contribution is 6.08. The first kappa shape index (κ1) is 15.0. The zero-order chi connectivity index (χ0) is 15.6. The summed E-state index contributed by atoms with van der Waals surface area (Å²) in [7, 11) is 0. The van der Waals surface area contributed by atoms with Gasteiger partial charge in [-0.25, -0.2) is 4.39 Å². The summed E-state index contributed by atoms with van der Waals surface area (Å²) in [5.41, 5.74) is 0.182. The molecular formula is C14H16FN3O3. The molecule has 2 N–H and O–H groups in total. The van der Waals surface area contributed by atoms with Crippen LogP contribution in [0, 0.1) is 5.82 Å². The second-order valence-electron chi connectivity index (χ2n) is 4.71. The molecule has 0 bridgehead atoms. The third kappa shape index (κ3) is 2.86. The molecule has 112 valence electrons. The molecule has 0 aromatic heterocycles. The number of rotatable bonds is 3. The molecule has 7 heteroatoms. The van der Waals surface area contributed by atoms with Crippen molar-refractivity contribution in [3.63, 3.8) is 0 Å². The van der Waals surface area contributed by atoms with Gasteiger partial charge in [-0.3, -0.25) is 19.7 Å². The van der Waals surface area contributed by atoms with E-state index in [9.17, 15) is 18.8 Å². The molecule has 1 saturated heterocycles. The van der Waals surface area contributed by atoms with Crippen molar-refractivity contribution in [2.24, 2.45) is 0 Å². The summed E-state index contributed by atoms with van der Waals surface area (Å²) < 4.78 is 13.8. The summed E-state index contributed by atoms with van der Waals surface area (Å²) in [6, 6.07) is 3.34. The van der Waals surface area contributed by atoms with Crippen LogP contribution in [0.1, 0.15) is 24.2 Å². The average Bonchev–Trinajstić information content (AvgIpc) is 2.44. The van der Waals surface area contributed by atoms with Gasteiger partial charge in [0.2, 0.25) is 11.8 Å². The number of hydrogen-bond acceptors (Lipinski definition) is 4. The van der Waals surface area contributed by atoms with Gasteiger partial charge in [-0.2, -0.15) is 0 Å². The fraction of sp³-hybridized carbons (Fsp3) is 0.357. The van der Waals surface area contributed by atoms with Gasteiger partial charge in [0.1, 0.15) is 18.4 Å². The van der Waals surface area contributed by atoms with Crippen molar-refractivity contribution >= 4 is 23.4 Å². The van der Waals surface area contributed by atoms with Gasteiger partial charge in [-0.15, -0.1) is 0 Å². The molecule has 1 aliphatic rings. The predicted molar refractivity (Wildman–Crippen MR) is 74.2 cm³/mol. The Morgan fingerprint density at radius 3 is 2.86 bits per heavy atom. The van der Waals surface area contributed by atoms with E-state index in [4.69, 9.17) is 0 Å². The number of hydrogen-bond donors (Lipinski definition) is 2. The zero-order valence-electron chi connectivity index (χ0n) is 11.8. The maximum absolute atomic E-state index is 13.8. The summed E-state index contributed by atoms with van der Waals surface area (Å²) >= 11 is 0. The number of nitrogens with zero attached hydrogens (tertiary/aromatic N) is 1. The fourth-order valence-electron chi connectivity index (χ4n) is 2.18. The van der Waals surface area contributed by atoms with Gasteiger partial charge in [0.25, 0.3) is 5.91 Å². The molecule has 6 nitrogen and oxygen atoms in total. The van der Waals surface area contributed by atoms with Crippen LogP contribution in [0.2, 0.25) is 0 Å². The van der Waals surface area contributed by atoms with E-state index in [1.165, 1.54) is 25.1 Å². The second-order valence-corrected chi connectivity index (χ2v) is 4.71. The van der Waals surface area contributed by atoms with Crippen molar-refractivity contribution in [1.82, 2.24) is 10.2 Å². The van der Waals surface area contributed by atoms with Crippen LogP contribution in [0.4, 0.5) is 10.1 Å². The lowest BCUT2D eigenvalue weighted by molar-refractivity contribution is -0.138. The number of nitrogens with one attached hydrogen (secondary N) is 2. The fourth-order valence-corrected chi connectivity index (χ4v) is 2.18. The van der Waals surface area contributed by atoms with Gasteiger partial charge >= 0.3 is 0 Å². The van der Waals surface area contributed by atoms with E-state index in [2.05, 4.69) is 10.6 Å². The smallest absolute Gasteiger partial charge is 0.257 e. The number of benzene rings is 1. The van der Waals surface area contributed by atoms with E-state index < -0.39 is 29.6 Å². The molecule has 2 rings (SSSR count). The highest BCUT2D eigenvalue weighted by Crippen LogP contribution is 2.22. The molecule has 1 aromatic carbocycles. The minimum absolute atomic E-state index is 0.0793. The van der Waals surface area contributed by atoms with Gasteiger partial charge < -0.3 is 10.2 Å². The predicted octanol–water partition coefficient (Wildman–Crippen LogP) is 0.745. The topological polar surface area (TPSA) is 78.5 Å². The van der Waals surface area contributed by atoms with Crippen LogP contribution in [-0.4, -0.2) is 41.8 Å². The number of halogens is 1. The lowest BCUT2D eigenvalue weighted by Crippen LogP contribution is -2.58. The Labute approximate surface area is 121 Å². The zero-order valence-corrected chi connectivity index (χ0v) is 11.8. The highest BCUT2D eigenvalue weighted by atomic mass is 19.1. The largest absolute Gasteiger partial charge is 0.382 e. The molecule has 1 atom stereocenters. The third-order valence-electron chi connectivity index (χ3n) is 3.28. The Hall–Kier alpha value is -2.44. The first-order chi connectivity index (χ1) is 9.95. The van der Waals surface area contributed by atoms with Crippen molar-refractivity contribution in [3.05, 3.63) is 29.6 Å². The van der Waals surface area contributed by atoms with Crippen LogP contribution < -0.4 is 10.6 Å². The summed E-state index contributed by atoms with van der Waals surface area (Å²) in [6.45, 7) is 3.51. The van der Waals surface area contributed by atoms with E-state index in [1.54, 1.807) is 6.92 Å². The first-order valence-corrected chi connectivity index (χ1v) is 6.62. The summed E-state index contributed by atoms with van der Waals surface area (Å²) in [6.07, 6.45) is 0. The molecule has 1 fully saturated rings. The molecule has 1 aromatic rings. The van der Waals surface area contributed by atoms with Crippen molar-refractivity contribution in [1.29, 1.82) is 0 Å². The van der Waals surface area contributed by atoms with Crippen molar-refractivity contribution < 1.29 is 18.8 Å². The van der Waals surface area contributed by atoms with E-state index >= 15 is 0 Å². The van der Waals surface area contributed by atoms with E-state index in [-0.39, 0.29) is 17.8 Å². The maximum Gasteiger partial charge on any atom is 0.257 e. The monoisotopic (exact) mass is 293 g/mol. The number of anilines is 1. The molecule has 0 aliphatic carbocycles. The molecule has 0 spiro atoms. The number of imide groups is 1. The van der Waals surface area contributed by atoms with Gasteiger partial charge in [0.05, 0.1) is 11.3 Å². The maximum atomic E-state index is 13.8. The number of carbonyl (C=O) groups excluding carboxylic acids is 3. The van der Waals surface area contributed by atoms with Crippen molar-refractivity contribution in [2.45, 2.75) is 19.9 Å². The van der Waals surface area contributed by atoms with Crippen LogP contribution >= 0.6 is 0 Å². The Balaban J connectivity index is 2.37. The SMILES string of the molecule is CCNc1c(F)cccc1C(=O)N1CC(=O)NC(=O)C1C. The summed E-state index contributed by atoms with van der Waals surface area (Å²) in [4.78, 5) is 36.7. The van der Waals surface area contributed by atoms with Crippen LogP contribution in [0.3, 0.4) is 0 Å². The molecule has 0 saturated carbocycles. The molecule has 1 unspecified atom stereocenters. The third-order valence-corrected chi connectivity index (χ3v) is 3.28. The molecular weight excluding hydrogens is 277 g/mol. The van der Waals surface area contributed by atoms with Gasteiger partial charge in [-0.1, -0.05) is 6.07 Å². The van der Waals surface area contributed by atoms with Crippen LogP contribution in [-0.2, 0) is 9.59 Å². The minimum atomic E-state index is -0.784. The van der Waals surface area contributed by atoms with Crippen molar-refractivity contribution in [3.8, 4) is 0 Å². The quantitative estimate of drug-likeness (QED) is 0.806. The Morgan fingerprint density at radius 1 is 1.48 bits per heavy atom. The van der Waals surface area contributed by atoms with Crippen LogP contribution in [0.5, 0.6) is 0 Å². The summed E-state index contributed by atoms with van der Waals surface area (Å²) in [5.74, 6) is -2.20. The molecule has 1 heterocycles. The lowest BCUT2D eigenvalue weighted by Gasteiger charge is -2.32. The van der Waals surface area contributed by atoms with E-state index in [0.717, 1.165) is 4.90 Å². The average molecular weight is 293 g/mol. The van der Waals surface area contributed by atoms with E-state index in [0.29, 0.717) is 6.54 Å². The highest BCUT2D eigenvalue weighted by Gasteiger charge is 2.35. The van der Waals surface area contributed by atoms with Crippen molar-refractivity contribution in [2.75, 3.05) is 18.4 Å². The Bertz CT molecular complexity index is 603. The molecule has 21 heavy (non-hydrogen) atoms. The Morgan fingerprint density at radius 2 is 2.19 bits per heavy atom. The van der Waals surface area contributed by atoms with Crippen LogP contribution in [0.25, 0.3) is 0 Å². The van der Waals surface area contributed by atoms with Gasteiger partial charge in [0, 0.05) is 6.54 Å². The minimum Gasteiger partial charge on any atom is -0.382 e. The lowest BCUT2D eigenvalue weighted by atomic mass is 10.1. The first-order valence-electron chi connectivity index (χ1n) is 6.62. The number of carbonyl (C=O) groups is 3. The number of para-hydroxylation sites is 1. The number of piperazine rings is 1. The van der Waals surface area contributed by atoms with Gasteiger partial charge in [0.15, 0.2) is 0 Å². The van der Waals surface area contributed by atoms with Gasteiger partial charge in [-0.05, 0) is 26.0 Å². The summed E-state index contributed by atoms with van der Waals surface area (Å²) in [5, 5.41) is 4.95. The number of amides is 3. The molecule has 1 aliphatic heterocycles. The Kier molecular flexibility index (Phi) is 4.21. The normalized spacial score (nSPS) is 18.4. The standard InChI is InChI=1S/C14H16FN3O3/c1-3-16-12-9(5-4-6-10(12)15)14(21)18-7-11(19)17-13(20)8(18)2/h4-6,8,16H,3,7H2,1-2H3,(H,17,19,20).